The van der Waals surface area contributed by atoms with E-state index in [1.165, 1.54) is 6.42 Å². The number of aryl methyl sites for hydroxylation is 1. The molecule has 80 valence electrons. The van der Waals surface area contributed by atoms with Crippen LogP contribution in [0.15, 0.2) is 12.4 Å². The van der Waals surface area contributed by atoms with Crippen LogP contribution in [0.5, 0.6) is 0 Å². The van der Waals surface area contributed by atoms with Crippen LogP contribution < -0.4 is 5.32 Å². The van der Waals surface area contributed by atoms with Crippen molar-refractivity contribution in [3.63, 3.8) is 0 Å². The Hall–Kier alpha value is -0.990. The fourth-order valence-corrected chi connectivity index (χ4v) is 1.29. The first-order valence-corrected chi connectivity index (χ1v) is 5.37. The molecule has 0 saturated carbocycles. The molecule has 0 aliphatic carbocycles. The zero-order valence-electron chi connectivity index (χ0n) is 9.62. The number of nitrogens with one attached hydrogen (secondary N) is 1. The Morgan fingerprint density at radius 2 is 2.07 bits per heavy atom. The van der Waals surface area contributed by atoms with Crippen molar-refractivity contribution in [2.24, 2.45) is 5.92 Å². The third-order valence-corrected chi connectivity index (χ3v) is 2.08. The van der Waals surface area contributed by atoms with Crippen molar-refractivity contribution in [3.05, 3.63) is 12.4 Å². The summed E-state index contributed by atoms with van der Waals surface area (Å²) < 4.78 is 2.18. The molecule has 3 heteroatoms. The smallest absolute Gasteiger partial charge is 0.202 e. The Bertz CT molecular complexity index is 263. The van der Waals surface area contributed by atoms with Crippen LogP contribution >= 0.6 is 0 Å². The molecule has 1 aromatic rings. The minimum Gasteiger partial charge on any atom is -0.353 e. The molecule has 0 atom stereocenters. The van der Waals surface area contributed by atoms with E-state index in [9.17, 15) is 0 Å². The van der Waals surface area contributed by atoms with Gasteiger partial charge in [-0.15, -0.1) is 0 Å². The SMILES string of the molecule is CC(C)CCn1ccnc1NC(C)C. The van der Waals surface area contributed by atoms with Gasteiger partial charge in [-0.05, 0) is 26.2 Å². The van der Waals surface area contributed by atoms with Crippen molar-refractivity contribution in [2.75, 3.05) is 5.32 Å². The highest BCUT2D eigenvalue weighted by atomic mass is 15.2. The van der Waals surface area contributed by atoms with E-state index in [0.29, 0.717) is 6.04 Å². The normalized spacial score (nSPS) is 11.3. The third-order valence-electron chi connectivity index (χ3n) is 2.08. The average Bonchev–Trinajstić information content (AvgIpc) is 2.47. The predicted octanol–water partition coefficient (Wildman–Crippen LogP) is 2.75. The molecule has 0 radical (unpaired) electrons. The molecular formula is C11H21N3. The van der Waals surface area contributed by atoms with Gasteiger partial charge < -0.3 is 9.88 Å². The van der Waals surface area contributed by atoms with Crippen molar-refractivity contribution in [3.8, 4) is 0 Å². The van der Waals surface area contributed by atoms with E-state index in [2.05, 4.69) is 42.6 Å². The Kier molecular flexibility index (Phi) is 3.98. The Morgan fingerprint density at radius 3 is 2.64 bits per heavy atom. The van der Waals surface area contributed by atoms with Crippen molar-refractivity contribution in [1.82, 2.24) is 9.55 Å². The number of hydrogen-bond acceptors (Lipinski definition) is 2. The Balaban J connectivity index is 2.53. The molecule has 0 aliphatic rings. The lowest BCUT2D eigenvalue weighted by molar-refractivity contribution is 0.517. The Labute approximate surface area is 86.5 Å². The van der Waals surface area contributed by atoms with E-state index in [1.807, 2.05) is 12.4 Å². The van der Waals surface area contributed by atoms with E-state index in [0.717, 1.165) is 18.4 Å². The summed E-state index contributed by atoms with van der Waals surface area (Å²) >= 11 is 0. The first-order valence-electron chi connectivity index (χ1n) is 5.37. The lowest BCUT2D eigenvalue weighted by Crippen LogP contribution is -2.15. The molecule has 0 saturated heterocycles. The van der Waals surface area contributed by atoms with Crippen LogP contribution in [0.2, 0.25) is 0 Å². The van der Waals surface area contributed by atoms with Crippen LogP contribution in [0.3, 0.4) is 0 Å². The molecule has 0 aliphatic heterocycles. The summed E-state index contributed by atoms with van der Waals surface area (Å²) in [5.74, 6) is 1.73. The molecule has 1 heterocycles. The second-order valence-corrected chi connectivity index (χ2v) is 4.43. The summed E-state index contributed by atoms with van der Waals surface area (Å²) in [7, 11) is 0. The maximum Gasteiger partial charge on any atom is 0.202 e. The molecule has 0 spiro atoms. The van der Waals surface area contributed by atoms with Gasteiger partial charge in [0.25, 0.3) is 0 Å². The van der Waals surface area contributed by atoms with Crippen LogP contribution in [-0.4, -0.2) is 15.6 Å². The summed E-state index contributed by atoms with van der Waals surface area (Å²) in [6.45, 7) is 9.79. The average molecular weight is 195 g/mol. The van der Waals surface area contributed by atoms with Gasteiger partial charge in [-0.3, -0.25) is 0 Å². The van der Waals surface area contributed by atoms with Crippen LogP contribution in [-0.2, 0) is 6.54 Å². The number of nitrogens with zero attached hydrogens (tertiary/aromatic N) is 2. The molecule has 1 aromatic heterocycles. The van der Waals surface area contributed by atoms with Crippen LogP contribution in [0, 0.1) is 5.92 Å². The lowest BCUT2D eigenvalue weighted by atomic mass is 10.1. The first-order chi connectivity index (χ1) is 6.59. The molecule has 14 heavy (non-hydrogen) atoms. The number of hydrogen-bond donors (Lipinski definition) is 1. The topological polar surface area (TPSA) is 29.9 Å². The monoisotopic (exact) mass is 195 g/mol. The standard InChI is InChI=1S/C11H21N3/c1-9(2)5-7-14-8-6-12-11(14)13-10(3)4/h6,8-10H,5,7H2,1-4H3,(H,12,13). The number of anilines is 1. The summed E-state index contributed by atoms with van der Waals surface area (Å²) in [5.41, 5.74) is 0. The maximum atomic E-state index is 4.29. The van der Waals surface area contributed by atoms with E-state index in [1.54, 1.807) is 0 Å². The van der Waals surface area contributed by atoms with Gasteiger partial charge in [-0.1, -0.05) is 13.8 Å². The first kappa shape index (κ1) is 11.1. The van der Waals surface area contributed by atoms with Crippen molar-refractivity contribution in [2.45, 2.75) is 46.7 Å². The molecule has 0 fully saturated rings. The van der Waals surface area contributed by atoms with Crippen molar-refractivity contribution in [1.29, 1.82) is 0 Å². The van der Waals surface area contributed by atoms with Gasteiger partial charge in [0, 0.05) is 25.0 Å². The fraction of sp³-hybridized carbons (Fsp3) is 0.727. The summed E-state index contributed by atoms with van der Waals surface area (Å²) in [4.78, 5) is 4.29. The van der Waals surface area contributed by atoms with E-state index < -0.39 is 0 Å². The van der Waals surface area contributed by atoms with E-state index in [-0.39, 0.29) is 0 Å². The highest BCUT2D eigenvalue weighted by Gasteiger charge is 2.03. The molecule has 0 aromatic carbocycles. The van der Waals surface area contributed by atoms with Gasteiger partial charge in [0.15, 0.2) is 0 Å². The number of rotatable bonds is 5. The second kappa shape index (κ2) is 5.03. The van der Waals surface area contributed by atoms with Gasteiger partial charge in [0.2, 0.25) is 5.95 Å². The Morgan fingerprint density at radius 1 is 1.36 bits per heavy atom. The fourth-order valence-electron chi connectivity index (χ4n) is 1.29. The minimum absolute atomic E-state index is 0.440. The molecule has 0 bridgehead atoms. The minimum atomic E-state index is 0.440. The molecule has 1 N–H and O–H groups in total. The number of aromatic nitrogens is 2. The predicted molar refractivity (Wildman–Crippen MR) is 60.4 cm³/mol. The van der Waals surface area contributed by atoms with Gasteiger partial charge in [0.1, 0.15) is 0 Å². The van der Waals surface area contributed by atoms with Crippen molar-refractivity contribution < 1.29 is 0 Å². The maximum absolute atomic E-state index is 4.29. The van der Waals surface area contributed by atoms with Crippen LogP contribution in [0.25, 0.3) is 0 Å². The van der Waals surface area contributed by atoms with Gasteiger partial charge in [-0.25, -0.2) is 4.98 Å². The molecule has 1 rings (SSSR count). The number of imidazole rings is 1. The lowest BCUT2D eigenvalue weighted by Gasteiger charge is -2.12. The van der Waals surface area contributed by atoms with Gasteiger partial charge in [0.05, 0.1) is 0 Å². The van der Waals surface area contributed by atoms with E-state index in [4.69, 9.17) is 0 Å². The van der Waals surface area contributed by atoms with Crippen LogP contribution in [0.4, 0.5) is 5.95 Å². The third kappa shape index (κ3) is 3.40. The summed E-state index contributed by atoms with van der Waals surface area (Å²) in [6, 6.07) is 0.440. The molecule has 3 nitrogen and oxygen atoms in total. The van der Waals surface area contributed by atoms with Crippen molar-refractivity contribution >= 4 is 5.95 Å². The van der Waals surface area contributed by atoms with Crippen LogP contribution in [0.1, 0.15) is 34.1 Å². The zero-order valence-corrected chi connectivity index (χ0v) is 9.62. The van der Waals surface area contributed by atoms with E-state index >= 15 is 0 Å². The highest BCUT2D eigenvalue weighted by molar-refractivity contribution is 5.26. The molecule has 0 unspecified atom stereocenters. The highest BCUT2D eigenvalue weighted by Crippen LogP contribution is 2.09. The second-order valence-electron chi connectivity index (χ2n) is 4.43. The molecular weight excluding hydrogens is 174 g/mol. The largest absolute Gasteiger partial charge is 0.353 e. The van der Waals surface area contributed by atoms with Gasteiger partial charge >= 0.3 is 0 Å². The van der Waals surface area contributed by atoms with Gasteiger partial charge in [-0.2, -0.15) is 0 Å². The summed E-state index contributed by atoms with van der Waals surface area (Å²) in [6.07, 6.45) is 5.08. The molecule has 0 amide bonds. The summed E-state index contributed by atoms with van der Waals surface area (Å²) in [5, 5.41) is 3.33. The zero-order chi connectivity index (χ0) is 10.6. The quantitative estimate of drug-likeness (QED) is 0.783.